The average Bonchev–Trinajstić information content (AvgIpc) is 2.66. The third-order valence-corrected chi connectivity index (χ3v) is 2.98. The van der Waals surface area contributed by atoms with E-state index in [1.165, 1.54) is 25.9 Å². The molecule has 2 atom stereocenters. The first kappa shape index (κ1) is 9.53. The highest BCUT2D eigenvalue weighted by Gasteiger charge is 2.31. The van der Waals surface area contributed by atoms with Crippen LogP contribution >= 0.6 is 15.9 Å². The molecule has 0 aromatic heterocycles. The van der Waals surface area contributed by atoms with Crippen molar-refractivity contribution in [1.29, 1.82) is 0 Å². The molecular weight excluding hydrogens is 202 g/mol. The van der Waals surface area contributed by atoms with E-state index in [0.29, 0.717) is 0 Å². The summed E-state index contributed by atoms with van der Waals surface area (Å²) in [7, 11) is 0. The molecule has 2 heteroatoms. The molecule has 66 valence electrons. The Bertz CT molecular complexity index is 114. The predicted molar refractivity (Wildman–Crippen MR) is 53.2 cm³/mol. The summed E-state index contributed by atoms with van der Waals surface area (Å²) in [6.45, 7) is 7.23. The van der Waals surface area contributed by atoms with Crippen LogP contribution < -0.4 is 0 Å². The summed E-state index contributed by atoms with van der Waals surface area (Å²) < 4.78 is 0. The van der Waals surface area contributed by atoms with Crippen LogP contribution in [0.15, 0.2) is 0 Å². The normalized spacial score (nSPS) is 29.5. The second-order valence-corrected chi connectivity index (χ2v) is 4.49. The minimum Gasteiger partial charge on any atom is -0.297 e. The molecule has 0 saturated carbocycles. The van der Waals surface area contributed by atoms with Gasteiger partial charge in [-0.25, -0.2) is 0 Å². The maximum absolute atomic E-state index is 3.50. The Labute approximate surface area is 78.3 Å². The van der Waals surface area contributed by atoms with Crippen molar-refractivity contribution in [3.05, 3.63) is 0 Å². The maximum atomic E-state index is 3.50. The lowest BCUT2D eigenvalue weighted by Gasteiger charge is -2.04. The molecule has 1 saturated heterocycles. The Balaban J connectivity index is 1.90. The Morgan fingerprint density at radius 2 is 2.27 bits per heavy atom. The standard InChI is InChI=1S/C9H18BrN/c1-8(2)4-3-5-11-7-9(11)6-10/h8-9H,3-7H2,1-2H3/t9-,11?/m1/s1. The number of nitrogens with zero attached hydrogens (tertiary/aromatic N) is 1. The monoisotopic (exact) mass is 219 g/mol. The van der Waals surface area contributed by atoms with Gasteiger partial charge in [-0.2, -0.15) is 0 Å². The van der Waals surface area contributed by atoms with Gasteiger partial charge in [0.15, 0.2) is 0 Å². The number of rotatable bonds is 5. The second kappa shape index (κ2) is 4.46. The third kappa shape index (κ3) is 3.57. The minimum atomic E-state index is 0.863. The summed E-state index contributed by atoms with van der Waals surface area (Å²) >= 11 is 3.50. The van der Waals surface area contributed by atoms with Crippen molar-refractivity contribution in [1.82, 2.24) is 4.90 Å². The molecule has 0 amide bonds. The molecular formula is C9H18BrN. The Kier molecular flexibility index (Phi) is 3.86. The number of halogens is 1. The van der Waals surface area contributed by atoms with E-state index < -0.39 is 0 Å². The van der Waals surface area contributed by atoms with Crippen molar-refractivity contribution in [2.24, 2.45) is 5.92 Å². The van der Waals surface area contributed by atoms with Gasteiger partial charge in [-0.3, -0.25) is 4.90 Å². The van der Waals surface area contributed by atoms with Gasteiger partial charge in [-0.15, -0.1) is 0 Å². The van der Waals surface area contributed by atoms with Crippen LogP contribution in [0.2, 0.25) is 0 Å². The van der Waals surface area contributed by atoms with E-state index in [4.69, 9.17) is 0 Å². The molecule has 0 aromatic rings. The van der Waals surface area contributed by atoms with Crippen LogP contribution in [-0.4, -0.2) is 29.4 Å². The van der Waals surface area contributed by atoms with Crippen molar-refractivity contribution in [3.63, 3.8) is 0 Å². The van der Waals surface area contributed by atoms with Gasteiger partial charge in [0.25, 0.3) is 0 Å². The van der Waals surface area contributed by atoms with Gasteiger partial charge >= 0.3 is 0 Å². The van der Waals surface area contributed by atoms with Gasteiger partial charge in [-0.1, -0.05) is 29.8 Å². The minimum absolute atomic E-state index is 0.863. The Morgan fingerprint density at radius 1 is 1.55 bits per heavy atom. The smallest absolute Gasteiger partial charge is 0.0320 e. The summed E-state index contributed by atoms with van der Waals surface area (Å²) in [6.07, 6.45) is 2.76. The fourth-order valence-corrected chi connectivity index (χ4v) is 1.96. The Morgan fingerprint density at radius 3 is 2.73 bits per heavy atom. The molecule has 1 rings (SSSR count). The van der Waals surface area contributed by atoms with Crippen LogP contribution in [0.4, 0.5) is 0 Å². The zero-order valence-corrected chi connectivity index (χ0v) is 9.10. The summed E-state index contributed by atoms with van der Waals surface area (Å²) in [6, 6.07) is 0.863. The summed E-state index contributed by atoms with van der Waals surface area (Å²) in [5.74, 6) is 0.873. The fourth-order valence-electron chi connectivity index (χ4n) is 1.35. The van der Waals surface area contributed by atoms with Crippen molar-refractivity contribution in [3.8, 4) is 0 Å². The summed E-state index contributed by atoms with van der Waals surface area (Å²) in [5.41, 5.74) is 0. The highest BCUT2D eigenvalue weighted by atomic mass is 79.9. The lowest BCUT2D eigenvalue weighted by Crippen LogP contribution is -2.05. The largest absolute Gasteiger partial charge is 0.297 e. The van der Waals surface area contributed by atoms with E-state index in [0.717, 1.165) is 17.3 Å². The van der Waals surface area contributed by atoms with Crippen LogP contribution in [0, 0.1) is 5.92 Å². The molecule has 1 heterocycles. The quantitative estimate of drug-likeness (QED) is 0.508. The molecule has 0 aliphatic carbocycles. The maximum Gasteiger partial charge on any atom is 0.0320 e. The van der Waals surface area contributed by atoms with Crippen LogP contribution in [0.1, 0.15) is 26.7 Å². The molecule has 1 fully saturated rings. The molecule has 11 heavy (non-hydrogen) atoms. The van der Waals surface area contributed by atoms with Gasteiger partial charge in [0.2, 0.25) is 0 Å². The molecule has 1 aliphatic heterocycles. The first-order valence-corrected chi connectivity index (χ1v) is 5.66. The molecule has 0 bridgehead atoms. The van der Waals surface area contributed by atoms with E-state index in [1.54, 1.807) is 0 Å². The van der Waals surface area contributed by atoms with Gasteiger partial charge in [-0.05, 0) is 25.3 Å². The fraction of sp³-hybridized carbons (Fsp3) is 1.00. The van der Waals surface area contributed by atoms with Crippen molar-refractivity contribution in [2.75, 3.05) is 18.4 Å². The van der Waals surface area contributed by atoms with E-state index in [2.05, 4.69) is 34.7 Å². The van der Waals surface area contributed by atoms with Crippen LogP contribution in [0.5, 0.6) is 0 Å². The van der Waals surface area contributed by atoms with E-state index >= 15 is 0 Å². The van der Waals surface area contributed by atoms with Gasteiger partial charge < -0.3 is 0 Å². The van der Waals surface area contributed by atoms with Crippen LogP contribution in [0.3, 0.4) is 0 Å². The summed E-state index contributed by atoms with van der Waals surface area (Å²) in [4.78, 5) is 2.54. The molecule has 1 aliphatic rings. The number of hydrogen-bond donors (Lipinski definition) is 0. The molecule has 0 aromatic carbocycles. The van der Waals surface area contributed by atoms with Gasteiger partial charge in [0.1, 0.15) is 0 Å². The third-order valence-electron chi connectivity index (χ3n) is 2.23. The zero-order valence-electron chi connectivity index (χ0n) is 7.52. The highest BCUT2D eigenvalue weighted by molar-refractivity contribution is 9.09. The lowest BCUT2D eigenvalue weighted by molar-refractivity contribution is 0.455. The first-order valence-electron chi connectivity index (χ1n) is 4.54. The highest BCUT2D eigenvalue weighted by Crippen LogP contribution is 2.20. The predicted octanol–water partition coefficient (Wildman–Crippen LogP) is 2.50. The van der Waals surface area contributed by atoms with E-state index in [9.17, 15) is 0 Å². The van der Waals surface area contributed by atoms with Gasteiger partial charge in [0, 0.05) is 17.9 Å². The molecule has 0 spiro atoms. The van der Waals surface area contributed by atoms with Crippen molar-refractivity contribution < 1.29 is 0 Å². The lowest BCUT2D eigenvalue weighted by atomic mass is 10.1. The average molecular weight is 220 g/mol. The molecule has 0 N–H and O–H groups in total. The van der Waals surface area contributed by atoms with E-state index in [1.807, 2.05) is 0 Å². The number of hydrogen-bond acceptors (Lipinski definition) is 1. The second-order valence-electron chi connectivity index (χ2n) is 3.84. The molecule has 0 radical (unpaired) electrons. The van der Waals surface area contributed by atoms with Gasteiger partial charge in [0.05, 0.1) is 0 Å². The molecule has 1 nitrogen and oxygen atoms in total. The number of alkyl halides is 1. The topological polar surface area (TPSA) is 3.01 Å². The van der Waals surface area contributed by atoms with Crippen molar-refractivity contribution >= 4 is 15.9 Å². The SMILES string of the molecule is CC(C)CCCN1C[C@H]1CBr. The van der Waals surface area contributed by atoms with Crippen LogP contribution in [0.25, 0.3) is 0 Å². The Hall–Kier alpha value is 0.440. The van der Waals surface area contributed by atoms with Crippen molar-refractivity contribution in [2.45, 2.75) is 32.7 Å². The zero-order chi connectivity index (χ0) is 8.27. The molecule has 1 unspecified atom stereocenters. The summed E-state index contributed by atoms with van der Waals surface area (Å²) in [5, 5.41) is 1.16. The van der Waals surface area contributed by atoms with E-state index in [-0.39, 0.29) is 0 Å². The van der Waals surface area contributed by atoms with Crippen LogP contribution in [-0.2, 0) is 0 Å². The first-order chi connectivity index (χ1) is 5.24.